The second kappa shape index (κ2) is 8.58. The molecule has 0 radical (unpaired) electrons. The molecule has 0 aromatic heterocycles. The summed E-state index contributed by atoms with van der Waals surface area (Å²) in [5.74, 6) is -0.112. The van der Waals surface area contributed by atoms with Crippen molar-refractivity contribution in [1.29, 1.82) is 0 Å². The summed E-state index contributed by atoms with van der Waals surface area (Å²) < 4.78 is 0. The van der Waals surface area contributed by atoms with Crippen molar-refractivity contribution < 1.29 is 4.79 Å². The van der Waals surface area contributed by atoms with Gasteiger partial charge in [-0.2, -0.15) is 0 Å². The van der Waals surface area contributed by atoms with Gasteiger partial charge < -0.3 is 25.8 Å². The van der Waals surface area contributed by atoms with Gasteiger partial charge in [0.2, 0.25) is 0 Å². The number of rotatable bonds is 5. The first-order chi connectivity index (χ1) is 13.7. The number of piperazine rings is 1. The fraction of sp³-hybridized carbons (Fsp3) is 0.286. The first kappa shape index (κ1) is 18.7. The quantitative estimate of drug-likeness (QED) is 0.724. The summed E-state index contributed by atoms with van der Waals surface area (Å²) in [7, 11) is 2.02. The van der Waals surface area contributed by atoms with Gasteiger partial charge in [0.15, 0.2) is 5.50 Å². The summed E-state index contributed by atoms with van der Waals surface area (Å²) in [5, 5.41) is 11.7. The fourth-order valence-corrected chi connectivity index (χ4v) is 4.33. The van der Waals surface area contributed by atoms with Crippen LogP contribution in [0.2, 0.25) is 0 Å². The molecule has 2 aromatic carbocycles. The van der Waals surface area contributed by atoms with Crippen molar-refractivity contribution in [3.05, 3.63) is 65.7 Å². The normalized spacial score (nSPS) is 19.0. The van der Waals surface area contributed by atoms with Gasteiger partial charge in [-0.3, -0.25) is 4.79 Å². The molecule has 3 N–H and O–H groups in total. The van der Waals surface area contributed by atoms with E-state index in [1.807, 2.05) is 48.9 Å². The van der Waals surface area contributed by atoms with Crippen LogP contribution in [0.25, 0.3) is 0 Å². The second-order valence-electron chi connectivity index (χ2n) is 6.82. The highest BCUT2D eigenvalue weighted by atomic mass is 32.2. The van der Waals surface area contributed by atoms with Crippen molar-refractivity contribution in [2.75, 3.05) is 48.3 Å². The molecule has 0 aliphatic carbocycles. The van der Waals surface area contributed by atoms with Gasteiger partial charge in [0.1, 0.15) is 5.70 Å². The summed E-state index contributed by atoms with van der Waals surface area (Å²) in [6.45, 7) is 3.79. The van der Waals surface area contributed by atoms with Crippen molar-refractivity contribution >= 4 is 34.7 Å². The maximum absolute atomic E-state index is 12.8. The number of amides is 1. The third-order valence-electron chi connectivity index (χ3n) is 4.96. The lowest BCUT2D eigenvalue weighted by molar-refractivity contribution is -0.113. The zero-order valence-electron chi connectivity index (χ0n) is 15.9. The summed E-state index contributed by atoms with van der Waals surface area (Å²) in [5.41, 5.74) is 3.61. The Morgan fingerprint density at radius 1 is 1.11 bits per heavy atom. The molecule has 2 aromatic rings. The number of para-hydroxylation sites is 3. The molecule has 6 nitrogen and oxygen atoms in total. The van der Waals surface area contributed by atoms with E-state index in [1.54, 1.807) is 11.8 Å². The van der Waals surface area contributed by atoms with E-state index in [9.17, 15) is 4.79 Å². The standard InChI is InChI=1S/C21H25N5OS/c1-25(16-7-3-2-4-8-16)21-24-18(15-28-21)20(27)23-17-9-5-6-10-19(17)26-13-11-22-12-14-26/h2-10,15,21-22,24H,11-14H2,1H3,(H,23,27). The Morgan fingerprint density at radius 2 is 1.82 bits per heavy atom. The summed E-state index contributed by atoms with van der Waals surface area (Å²) in [4.78, 5) is 17.3. The van der Waals surface area contributed by atoms with Crippen LogP contribution in [0.3, 0.4) is 0 Å². The van der Waals surface area contributed by atoms with Crippen LogP contribution in [0.1, 0.15) is 0 Å². The van der Waals surface area contributed by atoms with Gasteiger partial charge in [0.25, 0.3) is 5.91 Å². The van der Waals surface area contributed by atoms with E-state index in [4.69, 9.17) is 0 Å². The molecular weight excluding hydrogens is 370 g/mol. The Balaban J connectivity index is 1.41. The number of hydrogen-bond donors (Lipinski definition) is 3. The highest BCUT2D eigenvalue weighted by Gasteiger charge is 2.25. The highest BCUT2D eigenvalue weighted by molar-refractivity contribution is 8.03. The van der Waals surface area contributed by atoms with Crippen LogP contribution < -0.4 is 25.8 Å². The Bertz CT molecular complexity index is 851. The van der Waals surface area contributed by atoms with Crippen LogP contribution in [0.4, 0.5) is 17.1 Å². The van der Waals surface area contributed by atoms with Crippen LogP contribution >= 0.6 is 11.8 Å². The number of nitrogens with zero attached hydrogens (tertiary/aromatic N) is 2. The van der Waals surface area contributed by atoms with E-state index >= 15 is 0 Å². The van der Waals surface area contributed by atoms with Gasteiger partial charge in [-0.15, -0.1) is 0 Å². The Hall–Kier alpha value is -2.64. The van der Waals surface area contributed by atoms with Crippen molar-refractivity contribution in [2.45, 2.75) is 5.50 Å². The number of carbonyl (C=O) groups is 1. The van der Waals surface area contributed by atoms with Gasteiger partial charge >= 0.3 is 0 Å². The molecule has 0 bridgehead atoms. The minimum absolute atomic E-state index is 0.00781. The molecule has 0 spiro atoms. The lowest BCUT2D eigenvalue weighted by Gasteiger charge is -2.31. The monoisotopic (exact) mass is 395 g/mol. The van der Waals surface area contributed by atoms with Crippen LogP contribution in [0, 0.1) is 0 Å². The third kappa shape index (κ3) is 4.10. The minimum atomic E-state index is -0.112. The van der Waals surface area contributed by atoms with Gasteiger partial charge in [0.05, 0.1) is 11.4 Å². The van der Waals surface area contributed by atoms with Gasteiger partial charge in [-0.25, -0.2) is 0 Å². The fourth-order valence-electron chi connectivity index (χ4n) is 3.39. The zero-order chi connectivity index (χ0) is 19.3. The van der Waals surface area contributed by atoms with E-state index in [1.165, 1.54) is 0 Å². The Labute approximate surface area is 170 Å². The lowest BCUT2D eigenvalue weighted by atomic mass is 10.2. The van der Waals surface area contributed by atoms with E-state index in [0.29, 0.717) is 5.70 Å². The van der Waals surface area contributed by atoms with E-state index in [-0.39, 0.29) is 11.4 Å². The van der Waals surface area contributed by atoms with Crippen LogP contribution in [0.15, 0.2) is 65.7 Å². The molecule has 4 rings (SSSR count). The molecule has 1 unspecified atom stereocenters. The number of nitrogens with one attached hydrogen (secondary N) is 3. The molecule has 2 aliphatic rings. The number of anilines is 3. The molecule has 28 heavy (non-hydrogen) atoms. The Morgan fingerprint density at radius 3 is 2.61 bits per heavy atom. The first-order valence-electron chi connectivity index (χ1n) is 9.48. The molecule has 0 saturated carbocycles. The van der Waals surface area contributed by atoms with Crippen molar-refractivity contribution in [3.8, 4) is 0 Å². The second-order valence-corrected chi connectivity index (χ2v) is 7.77. The lowest BCUT2D eigenvalue weighted by Crippen LogP contribution is -2.44. The van der Waals surface area contributed by atoms with Crippen molar-refractivity contribution in [2.24, 2.45) is 0 Å². The summed E-state index contributed by atoms with van der Waals surface area (Å²) >= 11 is 1.60. The molecule has 2 aliphatic heterocycles. The molecule has 7 heteroatoms. The number of benzene rings is 2. The smallest absolute Gasteiger partial charge is 0.272 e. The first-order valence-corrected chi connectivity index (χ1v) is 10.4. The van der Waals surface area contributed by atoms with Crippen LogP contribution in [-0.4, -0.2) is 44.6 Å². The Kier molecular flexibility index (Phi) is 5.73. The van der Waals surface area contributed by atoms with E-state index < -0.39 is 0 Å². The number of carbonyl (C=O) groups excluding carboxylic acids is 1. The van der Waals surface area contributed by atoms with Crippen LogP contribution in [0.5, 0.6) is 0 Å². The average Bonchev–Trinajstić information content (AvgIpc) is 3.25. The number of thioether (sulfide) groups is 1. The third-order valence-corrected chi connectivity index (χ3v) is 6.03. The van der Waals surface area contributed by atoms with Crippen LogP contribution in [-0.2, 0) is 4.79 Å². The largest absolute Gasteiger partial charge is 0.367 e. The minimum Gasteiger partial charge on any atom is -0.367 e. The van der Waals surface area contributed by atoms with Crippen molar-refractivity contribution in [3.63, 3.8) is 0 Å². The van der Waals surface area contributed by atoms with Gasteiger partial charge in [-0.05, 0) is 24.3 Å². The average molecular weight is 396 g/mol. The molecule has 2 heterocycles. The predicted molar refractivity (Wildman–Crippen MR) is 118 cm³/mol. The van der Waals surface area contributed by atoms with E-state index in [2.05, 4.69) is 43.9 Å². The highest BCUT2D eigenvalue weighted by Crippen LogP contribution is 2.29. The van der Waals surface area contributed by atoms with Crippen molar-refractivity contribution in [1.82, 2.24) is 10.6 Å². The molecule has 1 fully saturated rings. The molecule has 1 saturated heterocycles. The van der Waals surface area contributed by atoms with Gasteiger partial charge in [0, 0.05) is 44.3 Å². The number of hydrogen-bond acceptors (Lipinski definition) is 6. The topological polar surface area (TPSA) is 59.6 Å². The predicted octanol–water partition coefficient (Wildman–Crippen LogP) is 2.63. The maximum Gasteiger partial charge on any atom is 0.272 e. The molecule has 1 amide bonds. The zero-order valence-corrected chi connectivity index (χ0v) is 16.7. The molecule has 146 valence electrons. The molecular formula is C21H25N5OS. The summed E-state index contributed by atoms with van der Waals surface area (Å²) in [6, 6.07) is 18.1. The van der Waals surface area contributed by atoms with Gasteiger partial charge in [-0.1, -0.05) is 42.1 Å². The SMILES string of the molecule is CN(c1ccccc1)C1NC(C(=O)Nc2ccccc2N2CCNCC2)=CS1. The molecule has 1 atom stereocenters. The van der Waals surface area contributed by atoms with E-state index in [0.717, 1.165) is 43.2 Å². The summed E-state index contributed by atoms with van der Waals surface area (Å²) in [6.07, 6.45) is 0. The maximum atomic E-state index is 12.8.